The molecular weight excluding hydrogens is 233 g/mol. The molecule has 0 unspecified atom stereocenters. The Morgan fingerprint density at radius 1 is 1.25 bits per heavy atom. The lowest BCUT2D eigenvalue weighted by Crippen LogP contribution is -2.25. The largest absolute Gasteiger partial charge is 0.450 e. The van der Waals surface area contributed by atoms with Gasteiger partial charge < -0.3 is 5.73 Å². The first-order valence-electron chi connectivity index (χ1n) is 4.06. The van der Waals surface area contributed by atoms with Crippen molar-refractivity contribution in [2.45, 2.75) is 12.6 Å². The predicted molar refractivity (Wildman–Crippen MR) is 45.5 cm³/mol. The number of Topliss-reactive ketones (excluding diaryl/α,β-unsaturated/α-hetero) is 1. The molecule has 2 nitrogen and oxygen atoms in total. The first-order valence-corrected chi connectivity index (χ1v) is 4.06. The van der Waals surface area contributed by atoms with Crippen molar-refractivity contribution in [1.29, 1.82) is 0 Å². The maximum absolute atomic E-state index is 13.1. The van der Waals surface area contributed by atoms with Gasteiger partial charge in [-0.25, -0.2) is 8.78 Å². The van der Waals surface area contributed by atoms with E-state index >= 15 is 0 Å². The molecule has 0 heterocycles. The van der Waals surface area contributed by atoms with E-state index in [1.165, 1.54) is 0 Å². The molecule has 0 spiro atoms. The third-order valence-corrected chi connectivity index (χ3v) is 1.87. The van der Waals surface area contributed by atoms with Crippen molar-refractivity contribution in [2.24, 2.45) is 0 Å². The van der Waals surface area contributed by atoms with E-state index in [-0.39, 0.29) is 0 Å². The Bertz CT molecular complexity index is 427. The third kappa shape index (κ3) is 2.47. The van der Waals surface area contributed by atoms with Gasteiger partial charge in [0.25, 0.3) is 0 Å². The number of rotatable bonds is 2. The highest BCUT2D eigenvalue weighted by Crippen LogP contribution is 2.23. The standard InChI is InChI=1S/C9H6F5NO/c10-5-2-1-4(7(11)8(5)15)3-6(16)9(12,13)14/h1-2H,3,15H2. The zero-order valence-corrected chi connectivity index (χ0v) is 7.74. The summed E-state index contributed by atoms with van der Waals surface area (Å²) in [4.78, 5) is 10.6. The SMILES string of the molecule is Nc1c(F)ccc(CC(=O)C(F)(F)F)c1F. The summed E-state index contributed by atoms with van der Waals surface area (Å²) in [6.07, 6.45) is -6.24. The van der Waals surface area contributed by atoms with Crippen LogP contribution in [0.4, 0.5) is 27.6 Å². The van der Waals surface area contributed by atoms with E-state index in [4.69, 9.17) is 5.73 Å². The zero-order valence-electron chi connectivity index (χ0n) is 7.74. The van der Waals surface area contributed by atoms with Crippen LogP contribution in [0.2, 0.25) is 0 Å². The highest BCUT2D eigenvalue weighted by molar-refractivity contribution is 5.86. The molecule has 7 heteroatoms. The zero-order chi connectivity index (χ0) is 12.5. The molecule has 0 aliphatic carbocycles. The summed E-state index contributed by atoms with van der Waals surface area (Å²) < 4.78 is 61.4. The fourth-order valence-corrected chi connectivity index (χ4v) is 1.02. The van der Waals surface area contributed by atoms with E-state index < -0.39 is 41.3 Å². The molecule has 1 rings (SSSR count). The van der Waals surface area contributed by atoms with Crippen LogP contribution in [-0.4, -0.2) is 12.0 Å². The molecule has 1 aromatic carbocycles. The third-order valence-electron chi connectivity index (χ3n) is 1.87. The smallest absolute Gasteiger partial charge is 0.394 e. The topological polar surface area (TPSA) is 43.1 Å². The van der Waals surface area contributed by atoms with Gasteiger partial charge in [-0.15, -0.1) is 0 Å². The highest BCUT2D eigenvalue weighted by atomic mass is 19.4. The van der Waals surface area contributed by atoms with E-state index in [9.17, 15) is 26.7 Å². The molecule has 0 aliphatic heterocycles. The Morgan fingerprint density at radius 2 is 1.81 bits per heavy atom. The highest BCUT2D eigenvalue weighted by Gasteiger charge is 2.38. The van der Waals surface area contributed by atoms with E-state index in [0.29, 0.717) is 6.07 Å². The Hall–Kier alpha value is -1.66. The lowest BCUT2D eigenvalue weighted by atomic mass is 10.1. The molecule has 1 aromatic rings. The lowest BCUT2D eigenvalue weighted by Gasteiger charge is -2.07. The van der Waals surface area contributed by atoms with Crippen LogP contribution in [-0.2, 0) is 11.2 Å². The fourth-order valence-electron chi connectivity index (χ4n) is 1.02. The molecule has 16 heavy (non-hydrogen) atoms. The molecular formula is C9H6F5NO. The van der Waals surface area contributed by atoms with E-state index in [0.717, 1.165) is 6.07 Å². The number of nitrogens with two attached hydrogens (primary N) is 1. The molecule has 0 saturated carbocycles. The van der Waals surface area contributed by atoms with E-state index in [1.807, 2.05) is 0 Å². The van der Waals surface area contributed by atoms with Gasteiger partial charge in [-0.1, -0.05) is 6.07 Å². The van der Waals surface area contributed by atoms with Gasteiger partial charge in [0.1, 0.15) is 11.5 Å². The number of alkyl halides is 3. The van der Waals surface area contributed by atoms with Crippen LogP contribution < -0.4 is 5.73 Å². The Labute approximate surface area is 86.9 Å². The average Bonchev–Trinajstić information content (AvgIpc) is 2.17. The maximum atomic E-state index is 13.1. The average molecular weight is 239 g/mol. The number of benzene rings is 1. The summed E-state index contributed by atoms with van der Waals surface area (Å²) in [5.74, 6) is -4.53. The molecule has 0 atom stereocenters. The van der Waals surface area contributed by atoms with Crippen LogP contribution in [0.25, 0.3) is 0 Å². The second-order valence-corrected chi connectivity index (χ2v) is 3.03. The lowest BCUT2D eigenvalue weighted by molar-refractivity contribution is -0.170. The first kappa shape index (κ1) is 12.4. The Balaban J connectivity index is 3.00. The minimum absolute atomic E-state index is 0.582. The summed E-state index contributed by atoms with van der Waals surface area (Å²) in [6.45, 7) is 0. The number of hydrogen-bond donors (Lipinski definition) is 1. The Kier molecular flexibility index (Phi) is 3.16. The second-order valence-electron chi connectivity index (χ2n) is 3.03. The van der Waals surface area contributed by atoms with Crippen LogP contribution in [0.15, 0.2) is 12.1 Å². The molecule has 88 valence electrons. The van der Waals surface area contributed by atoms with Gasteiger partial charge in [-0.3, -0.25) is 4.79 Å². The van der Waals surface area contributed by atoms with E-state index in [2.05, 4.69) is 0 Å². The van der Waals surface area contributed by atoms with Crippen LogP contribution in [0.3, 0.4) is 0 Å². The van der Waals surface area contributed by atoms with Gasteiger partial charge in [0.15, 0.2) is 5.82 Å². The van der Waals surface area contributed by atoms with Crippen molar-refractivity contribution in [2.75, 3.05) is 5.73 Å². The van der Waals surface area contributed by atoms with Gasteiger partial charge in [0.2, 0.25) is 5.78 Å². The normalized spacial score (nSPS) is 11.6. The number of carbonyl (C=O) groups is 1. The monoisotopic (exact) mass is 239 g/mol. The van der Waals surface area contributed by atoms with Crippen molar-refractivity contribution in [3.63, 3.8) is 0 Å². The minimum atomic E-state index is -5.05. The Morgan fingerprint density at radius 3 is 2.31 bits per heavy atom. The van der Waals surface area contributed by atoms with Gasteiger partial charge >= 0.3 is 6.18 Å². The number of nitrogen functional groups attached to an aromatic ring is 1. The number of hydrogen-bond acceptors (Lipinski definition) is 2. The number of carbonyl (C=O) groups excluding carboxylic acids is 1. The molecule has 0 aliphatic rings. The van der Waals surface area contributed by atoms with Crippen molar-refractivity contribution in [3.05, 3.63) is 29.3 Å². The van der Waals surface area contributed by atoms with Crippen molar-refractivity contribution in [3.8, 4) is 0 Å². The van der Waals surface area contributed by atoms with Crippen LogP contribution in [0, 0.1) is 11.6 Å². The van der Waals surface area contributed by atoms with E-state index in [1.54, 1.807) is 0 Å². The summed E-state index contributed by atoms with van der Waals surface area (Å²) in [7, 11) is 0. The van der Waals surface area contributed by atoms with Gasteiger partial charge in [-0.05, 0) is 11.6 Å². The summed E-state index contributed by atoms with van der Waals surface area (Å²) >= 11 is 0. The number of ketones is 1. The van der Waals surface area contributed by atoms with Gasteiger partial charge in [0.05, 0.1) is 0 Å². The van der Waals surface area contributed by atoms with Gasteiger partial charge in [-0.2, -0.15) is 13.2 Å². The first-order chi connectivity index (χ1) is 7.23. The van der Waals surface area contributed by atoms with Crippen LogP contribution in [0.5, 0.6) is 0 Å². The second kappa shape index (κ2) is 4.07. The van der Waals surface area contributed by atoms with Crippen LogP contribution in [0.1, 0.15) is 5.56 Å². The minimum Gasteiger partial charge on any atom is -0.394 e. The van der Waals surface area contributed by atoms with Crippen molar-refractivity contribution in [1.82, 2.24) is 0 Å². The molecule has 0 fully saturated rings. The van der Waals surface area contributed by atoms with Crippen molar-refractivity contribution >= 4 is 11.5 Å². The molecule has 2 N–H and O–H groups in total. The predicted octanol–water partition coefficient (Wildman–Crippen LogP) is 2.22. The van der Waals surface area contributed by atoms with Crippen molar-refractivity contribution < 1.29 is 26.7 Å². The molecule has 0 amide bonds. The van der Waals surface area contributed by atoms with Gasteiger partial charge in [0, 0.05) is 6.42 Å². The summed E-state index contributed by atoms with van der Waals surface area (Å²) in [5.41, 5.74) is 3.45. The quantitative estimate of drug-likeness (QED) is 0.635. The molecule has 0 bridgehead atoms. The molecule has 0 aromatic heterocycles. The number of halogens is 5. The number of anilines is 1. The van der Waals surface area contributed by atoms with Crippen LogP contribution >= 0.6 is 0 Å². The summed E-state index contributed by atoms with van der Waals surface area (Å²) in [6, 6.07) is 1.46. The fraction of sp³-hybridized carbons (Fsp3) is 0.222. The molecule has 0 saturated heterocycles. The molecule has 0 radical (unpaired) electrons. The maximum Gasteiger partial charge on any atom is 0.450 e. The summed E-state index contributed by atoms with van der Waals surface area (Å²) in [5, 5.41) is 0.